The molecule has 5 rings (SSSR count). The van der Waals surface area contributed by atoms with Crippen molar-refractivity contribution in [2.75, 3.05) is 45.5 Å². The highest BCUT2D eigenvalue weighted by Crippen LogP contribution is 2.25. The lowest BCUT2D eigenvalue weighted by Gasteiger charge is -2.31. The summed E-state index contributed by atoms with van der Waals surface area (Å²) in [6.45, 7) is 6.06. The quantitative estimate of drug-likeness (QED) is 0.423. The van der Waals surface area contributed by atoms with Crippen LogP contribution in [0.2, 0.25) is 0 Å². The van der Waals surface area contributed by atoms with Gasteiger partial charge >= 0.3 is 0 Å². The van der Waals surface area contributed by atoms with Crippen molar-refractivity contribution in [1.29, 1.82) is 0 Å². The van der Waals surface area contributed by atoms with Crippen molar-refractivity contribution in [2.45, 2.75) is 44.4 Å². The number of likely N-dealkylation sites (N-methyl/N-ethyl adjacent to an activating group) is 1. The normalized spacial score (nSPS) is 19.8. The van der Waals surface area contributed by atoms with Gasteiger partial charge in [-0.15, -0.1) is 0 Å². The Hall–Kier alpha value is -3.71. The van der Waals surface area contributed by atoms with Gasteiger partial charge in [0.15, 0.2) is 0 Å². The number of carbonyl (C=O) groups excluding carboxylic acids is 1. The van der Waals surface area contributed by atoms with Crippen molar-refractivity contribution in [2.24, 2.45) is 7.05 Å². The van der Waals surface area contributed by atoms with E-state index in [-0.39, 0.29) is 23.9 Å². The third-order valence-corrected chi connectivity index (χ3v) is 7.77. The Balaban J connectivity index is 1.10. The second-order valence-electron chi connectivity index (χ2n) is 10.8. The van der Waals surface area contributed by atoms with E-state index in [1.54, 1.807) is 23.1 Å². The zero-order chi connectivity index (χ0) is 27.9. The van der Waals surface area contributed by atoms with Crippen LogP contribution in [0.15, 0.2) is 48.9 Å². The molecule has 2 fully saturated rings. The Morgan fingerprint density at radius 1 is 1.10 bits per heavy atom. The monoisotopic (exact) mass is 541 g/mol. The van der Waals surface area contributed by atoms with Crippen LogP contribution in [0.1, 0.15) is 47.2 Å². The van der Waals surface area contributed by atoms with Gasteiger partial charge in [0.1, 0.15) is 5.82 Å². The van der Waals surface area contributed by atoms with Crippen LogP contribution in [0.3, 0.4) is 0 Å². The summed E-state index contributed by atoms with van der Waals surface area (Å²) in [5.74, 6) is 6.59. The van der Waals surface area contributed by atoms with Gasteiger partial charge in [0.25, 0.3) is 5.91 Å². The predicted molar refractivity (Wildman–Crippen MR) is 156 cm³/mol. The van der Waals surface area contributed by atoms with Gasteiger partial charge in [-0.1, -0.05) is 24.0 Å². The maximum Gasteiger partial charge on any atom is 0.255 e. The number of hydrogen-bond donors (Lipinski definition) is 2. The number of hydrogen-bond acceptors (Lipinski definition) is 7. The molecule has 1 saturated carbocycles. The van der Waals surface area contributed by atoms with E-state index in [1.165, 1.54) is 0 Å². The molecule has 40 heavy (non-hydrogen) atoms. The van der Waals surface area contributed by atoms with E-state index in [4.69, 9.17) is 10.5 Å². The van der Waals surface area contributed by atoms with E-state index >= 15 is 0 Å². The number of amides is 1. The number of ether oxygens (including phenoxy) is 1. The number of nitrogen functional groups attached to an aromatic ring is 1. The minimum atomic E-state index is -0.230. The number of nitrogens with two attached hydrogens (primary N) is 1. The summed E-state index contributed by atoms with van der Waals surface area (Å²) in [4.78, 5) is 22.3. The van der Waals surface area contributed by atoms with Crippen LogP contribution in [0.4, 0.5) is 5.82 Å². The number of piperazine rings is 1. The summed E-state index contributed by atoms with van der Waals surface area (Å²) in [6, 6.07) is 9.96. The number of aromatic nitrogens is 3. The number of nitrogens with zero attached hydrogens (tertiary/aromatic N) is 5. The maximum absolute atomic E-state index is 13.2. The summed E-state index contributed by atoms with van der Waals surface area (Å²) >= 11 is 0. The molecule has 2 aliphatic rings. The summed E-state index contributed by atoms with van der Waals surface area (Å²) in [7, 11) is 4.03. The Kier molecular flexibility index (Phi) is 9.12. The third kappa shape index (κ3) is 7.27. The number of rotatable bonds is 8. The minimum absolute atomic E-state index is 0.0475. The van der Waals surface area contributed by atoms with Crippen LogP contribution in [0, 0.1) is 11.8 Å². The fourth-order valence-electron chi connectivity index (χ4n) is 5.26. The van der Waals surface area contributed by atoms with Gasteiger partial charge in [-0.25, -0.2) is 4.98 Å². The van der Waals surface area contributed by atoms with E-state index in [2.05, 4.69) is 68.4 Å². The summed E-state index contributed by atoms with van der Waals surface area (Å²) in [6.07, 6.45) is 8.90. The van der Waals surface area contributed by atoms with Gasteiger partial charge in [-0.3, -0.25) is 14.4 Å². The van der Waals surface area contributed by atoms with Crippen molar-refractivity contribution in [3.8, 4) is 23.0 Å². The molecule has 1 aliphatic carbocycles. The number of pyridine rings is 1. The third-order valence-electron chi connectivity index (χ3n) is 7.77. The van der Waals surface area contributed by atoms with Crippen LogP contribution in [0.5, 0.6) is 0 Å². The minimum Gasteiger partial charge on any atom is -0.383 e. The molecule has 1 aromatic carbocycles. The molecule has 2 atom stereocenters. The van der Waals surface area contributed by atoms with Crippen LogP contribution in [-0.4, -0.2) is 82.4 Å². The molecule has 1 amide bonds. The van der Waals surface area contributed by atoms with Gasteiger partial charge in [-0.05, 0) is 50.1 Å². The first kappa shape index (κ1) is 27.8. The molecule has 3 aromatic rings. The number of aryl methyl sites for hydroxylation is 1. The van der Waals surface area contributed by atoms with Crippen molar-refractivity contribution in [3.63, 3.8) is 0 Å². The topological polar surface area (TPSA) is 102 Å². The molecule has 0 radical (unpaired) electrons. The molecule has 3 N–H and O–H groups in total. The average molecular weight is 542 g/mol. The lowest BCUT2D eigenvalue weighted by Crippen LogP contribution is -2.44. The van der Waals surface area contributed by atoms with Gasteiger partial charge in [0, 0.05) is 75.3 Å². The SMILES string of the molecule is CN1CCN(CCC#Cc2ccc(COC3CCC[C@@H]3NC(=O)c3cc(-c4cnn(C)c4)cnc3N)cc2)CC1. The van der Waals surface area contributed by atoms with Crippen molar-refractivity contribution in [1.82, 2.24) is 29.9 Å². The summed E-state index contributed by atoms with van der Waals surface area (Å²) in [5, 5.41) is 7.34. The molecule has 1 saturated heterocycles. The van der Waals surface area contributed by atoms with Gasteiger partial charge in [-0.2, -0.15) is 5.10 Å². The van der Waals surface area contributed by atoms with Gasteiger partial charge in [0.05, 0.1) is 30.5 Å². The van der Waals surface area contributed by atoms with Crippen LogP contribution < -0.4 is 11.1 Å². The molecule has 0 spiro atoms. The maximum atomic E-state index is 13.2. The van der Waals surface area contributed by atoms with E-state index in [0.29, 0.717) is 12.2 Å². The lowest BCUT2D eigenvalue weighted by molar-refractivity contribution is 0.0272. The Labute approximate surface area is 236 Å². The molecule has 2 aromatic heterocycles. The van der Waals surface area contributed by atoms with Crippen LogP contribution >= 0.6 is 0 Å². The van der Waals surface area contributed by atoms with E-state index < -0.39 is 0 Å². The van der Waals surface area contributed by atoms with E-state index in [0.717, 1.165) is 80.7 Å². The van der Waals surface area contributed by atoms with Crippen molar-refractivity contribution < 1.29 is 9.53 Å². The molecular weight excluding hydrogens is 502 g/mol. The molecule has 210 valence electrons. The first-order valence-corrected chi connectivity index (χ1v) is 14.1. The fraction of sp³-hybridized carbons (Fsp3) is 0.452. The standard InChI is InChI=1S/C31H39N7O2/c1-36-14-16-38(17-15-36)13-4-3-6-23-9-11-24(12-10-23)22-40-29-8-5-7-28(29)35-31(39)27-18-25(19-33-30(27)32)26-20-34-37(2)21-26/h9-12,18-21,28-29H,4-5,7-8,13-17,22H2,1-2H3,(H2,32,33)(H,35,39)/t28-,29?/m0/s1. The number of benzene rings is 1. The van der Waals surface area contributed by atoms with Gasteiger partial charge < -0.3 is 20.7 Å². The molecule has 3 heterocycles. The largest absolute Gasteiger partial charge is 0.383 e. The fourth-order valence-corrected chi connectivity index (χ4v) is 5.26. The molecule has 1 aliphatic heterocycles. The Morgan fingerprint density at radius 3 is 2.65 bits per heavy atom. The van der Waals surface area contributed by atoms with Gasteiger partial charge in [0.2, 0.25) is 0 Å². The Morgan fingerprint density at radius 2 is 1.90 bits per heavy atom. The first-order valence-electron chi connectivity index (χ1n) is 14.1. The highest BCUT2D eigenvalue weighted by Gasteiger charge is 2.30. The molecule has 1 unspecified atom stereocenters. The summed E-state index contributed by atoms with van der Waals surface area (Å²) < 4.78 is 7.97. The molecule has 9 heteroatoms. The van der Waals surface area contributed by atoms with E-state index in [9.17, 15) is 4.79 Å². The van der Waals surface area contributed by atoms with Crippen LogP contribution in [0.25, 0.3) is 11.1 Å². The first-order chi connectivity index (χ1) is 19.4. The van der Waals surface area contributed by atoms with E-state index in [1.807, 2.05) is 13.2 Å². The molecule has 0 bridgehead atoms. The second-order valence-corrected chi connectivity index (χ2v) is 10.8. The number of nitrogens with one attached hydrogen (secondary N) is 1. The highest BCUT2D eigenvalue weighted by atomic mass is 16.5. The molecule has 9 nitrogen and oxygen atoms in total. The predicted octanol–water partition coefficient (Wildman–Crippen LogP) is 2.92. The van der Waals surface area contributed by atoms with Crippen LogP contribution in [-0.2, 0) is 18.4 Å². The zero-order valence-corrected chi connectivity index (χ0v) is 23.5. The van der Waals surface area contributed by atoms with Crippen molar-refractivity contribution in [3.05, 3.63) is 65.6 Å². The highest BCUT2D eigenvalue weighted by molar-refractivity contribution is 5.99. The van der Waals surface area contributed by atoms with Crippen molar-refractivity contribution >= 4 is 11.7 Å². The smallest absolute Gasteiger partial charge is 0.255 e. The zero-order valence-electron chi connectivity index (χ0n) is 23.5. The lowest BCUT2D eigenvalue weighted by atomic mass is 10.1. The number of anilines is 1. The number of carbonyl (C=O) groups is 1. The average Bonchev–Trinajstić information content (AvgIpc) is 3.60. The Bertz CT molecular complexity index is 1350. The second kappa shape index (κ2) is 13.1. The molecular formula is C31H39N7O2. The summed E-state index contributed by atoms with van der Waals surface area (Å²) in [5.41, 5.74) is 10.2.